The van der Waals surface area contributed by atoms with Crippen LogP contribution in [0.1, 0.15) is 5.56 Å². The quantitative estimate of drug-likeness (QED) is 0.222. The van der Waals surface area contributed by atoms with Crippen molar-refractivity contribution in [3.05, 3.63) is 66.2 Å². The molecule has 194 valence electrons. The van der Waals surface area contributed by atoms with E-state index in [1.165, 1.54) is 36.4 Å². The number of carbonyl (C=O) groups excluding carboxylic acids is 1. The largest absolute Gasteiger partial charge is 0.323 e. The van der Waals surface area contributed by atoms with Gasteiger partial charge in [0.15, 0.2) is 0 Å². The Bertz CT molecular complexity index is 1930. The van der Waals surface area contributed by atoms with Crippen molar-refractivity contribution in [2.24, 2.45) is 0 Å². The Morgan fingerprint density at radius 3 is 1.54 bits per heavy atom. The normalized spacial score (nSPS) is 12.5. The Morgan fingerprint density at radius 2 is 1.08 bits per heavy atom. The van der Waals surface area contributed by atoms with Gasteiger partial charge in [-0.2, -0.15) is 25.3 Å². The van der Waals surface area contributed by atoms with Crippen LogP contribution in [-0.4, -0.2) is 44.9 Å². The highest BCUT2D eigenvalue weighted by Gasteiger charge is 2.21. The fourth-order valence-electron chi connectivity index (χ4n) is 3.79. The molecule has 0 aliphatic carbocycles. The van der Waals surface area contributed by atoms with Gasteiger partial charge in [0.25, 0.3) is 30.4 Å². The topological polar surface area (TPSA) is 204 Å². The number of carbonyl (C=O) groups is 1. The van der Waals surface area contributed by atoms with Crippen molar-refractivity contribution in [2.75, 3.05) is 10.6 Å². The van der Waals surface area contributed by atoms with E-state index in [0.717, 1.165) is 6.07 Å². The van der Waals surface area contributed by atoms with Crippen LogP contribution in [0.5, 0.6) is 0 Å². The summed E-state index contributed by atoms with van der Waals surface area (Å²) in [5.41, 5.74) is 0.836. The van der Waals surface area contributed by atoms with Crippen molar-refractivity contribution in [1.82, 2.24) is 0 Å². The first-order chi connectivity index (χ1) is 17.0. The maximum Gasteiger partial charge on any atom is 0.323 e. The zero-order chi connectivity index (χ0) is 27.3. The molecule has 0 aliphatic rings. The van der Waals surface area contributed by atoms with Gasteiger partial charge in [0.2, 0.25) is 0 Å². The second-order valence-electron chi connectivity index (χ2n) is 8.06. The first kappa shape index (κ1) is 26.5. The molecule has 5 N–H and O–H groups in total. The number of hydrogen-bond donors (Lipinski definition) is 5. The number of aryl methyl sites for hydroxylation is 1. The van der Waals surface area contributed by atoms with Crippen molar-refractivity contribution in [1.29, 1.82) is 0 Å². The summed E-state index contributed by atoms with van der Waals surface area (Å²) in [5.74, 6) is 0. The Hall–Kier alpha value is -3.60. The van der Waals surface area contributed by atoms with Crippen LogP contribution < -0.4 is 10.6 Å². The number of fused-ring (bicyclic) bond motifs is 2. The highest BCUT2D eigenvalue weighted by molar-refractivity contribution is 7.87. The predicted octanol–water partition coefficient (Wildman–Crippen LogP) is 3.69. The molecule has 0 radical (unpaired) electrons. The molecule has 0 aliphatic heterocycles. The summed E-state index contributed by atoms with van der Waals surface area (Å²) in [4.78, 5) is 10.7. The molecule has 15 heteroatoms. The molecule has 4 aromatic carbocycles. The zero-order valence-corrected chi connectivity index (χ0v) is 21.1. The molecule has 0 bridgehead atoms. The van der Waals surface area contributed by atoms with E-state index in [4.69, 9.17) is 0 Å². The molecule has 2 amide bonds. The van der Waals surface area contributed by atoms with Crippen molar-refractivity contribution >= 4 is 69.3 Å². The molecule has 0 fully saturated rings. The van der Waals surface area contributed by atoms with Gasteiger partial charge in [-0.3, -0.25) is 13.7 Å². The van der Waals surface area contributed by atoms with Crippen LogP contribution in [0.4, 0.5) is 16.2 Å². The first-order valence-corrected chi connectivity index (χ1v) is 14.5. The number of rotatable bonds is 5. The molecule has 0 saturated heterocycles. The Morgan fingerprint density at radius 1 is 0.622 bits per heavy atom. The molecule has 0 heterocycles. The smallest absolute Gasteiger partial charge is 0.308 e. The summed E-state index contributed by atoms with van der Waals surface area (Å²) in [7, 11) is -14.2. The third-order valence-electron chi connectivity index (χ3n) is 5.32. The van der Waals surface area contributed by atoms with Gasteiger partial charge in [-0.05, 0) is 65.7 Å². The van der Waals surface area contributed by atoms with Crippen molar-refractivity contribution < 1.29 is 43.7 Å². The van der Waals surface area contributed by atoms with E-state index in [2.05, 4.69) is 10.6 Å². The lowest BCUT2D eigenvalue weighted by Gasteiger charge is -2.12. The predicted molar refractivity (Wildman–Crippen MR) is 135 cm³/mol. The third-order valence-corrected chi connectivity index (χ3v) is 7.94. The van der Waals surface area contributed by atoms with Crippen molar-refractivity contribution in [2.45, 2.75) is 21.6 Å². The first-order valence-electron chi connectivity index (χ1n) is 10.1. The van der Waals surface area contributed by atoms with Crippen LogP contribution in [0.25, 0.3) is 21.5 Å². The summed E-state index contributed by atoms with van der Waals surface area (Å²) in [6, 6.07) is 11.9. The number of urea groups is 1. The summed E-state index contributed by atoms with van der Waals surface area (Å²) in [6.07, 6.45) is 0. The van der Waals surface area contributed by atoms with Crippen LogP contribution in [0.15, 0.2) is 75.4 Å². The van der Waals surface area contributed by atoms with Gasteiger partial charge >= 0.3 is 6.03 Å². The van der Waals surface area contributed by atoms with Gasteiger partial charge < -0.3 is 10.6 Å². The molecule has 0 atom stereocenters. The molecule has 4 aromatic rings. The number of hydrogen-bond acceptors (Lipinski definition) is 7. The van der Waals surface area contributed by atoms with E-state index in [-0.39, 0.29) is 32.4 Å². The number of benzene rings is 4. The molecule has 0 aromatic heterocycles. The SMILES string of the molecule is Cc1cc(S(=O)(=O)O)c2cc(NC(=O)Nc3ccc4cc(S(=O)(=O)O)cc(S(=O)(=O)O)c4c3)ccc2c1. The lowest BCUT2D eigenvalue weighted by atomic mass is 10.1. The van der Waals surface area contributed by atoms with Crippen LogP contribution >= 0.6 is 0 Å². The van der Waals surface area contributed by atoms with E-state index >= 15 is 0 Å². The van der Waals surface area contributed by atoms with Gasteiger partial charge in [-0.15, -0.1) is 0 Å². The fourth-order valence-corrected chi connectivity index (χ4v) is 5.93. The summed E-state index contributed by atoms with van der Waals surface area (Å²) in [5, 5.41) is 5.52. The number of nitrogens with one attached hydrogen (secondary N) is 2. The summed E-state index contributed by atoms with van der Waals surface area (Å²) in [6.45, 7) is 1.66. The molecule has 4 rings (SSSR count). The Labute approximate surface area is 211 Å². The highest BCUT2D eigenvalue weighted by atomic mass is 32.2. The fraction of sp³-hybridized carbons (Fsp3) is 0.0455. The van der Waals surface area contributed by atoms with E-state index in [1.807, 2.05) is 0 Å². The van der Waals surface area contributed by atoms with Gasteiger partial charge in [0.05, 0.1) is 4.90 Å². The molecule has 0 unspecified atom stereocenters. The molecular formula is C22H18N2O10S3. The van der Waals surface area contributed by atoms with Crippen LogP contribution in [-0.2, 0) is 30.4 Å². The maximum absolute atomic E-state index is 12.6. The minimum atomic E-state index is -4.92. The van der Waals surface area contributed by atoms with Gasteiger partial charge in [-0.25, -0.2) is 4.79 Å². The van der Waals surface area contributed by atoms with E-state index in [9.17, 15) is 43.7 Å². The van der Waals surface area contributed by atoms with Crippen molar-refractivity contribution in [3.63, 3.8) is 0 Å². The Balaban J connectivity index is 1.68. The standard InChI is InChI=1S/C22H18N2O10S3/c1-12-6-13-2-4-15(9-18(13)20(7-12)36(29,30)31)23-22(25)24-16-5-3-14-8-17(35(26,27)28)11-21(19(14)10-16)37(32,33)34/h2-11H,1H3,(H2,23,24,25)(H,26,27,28)(H,29,30,31)(H,32,33,34). The highest BCUT2D eigenvalue weighted by Crippen LogP contribution is 2.30. The van der Waals surface area contributed by atoms with Crippen LogP contribution in [0, 0.1) is 6.92 Å². The van der Waals surface area contributed by atoms with E-state index < -0.39 is 46.2 Å². The lowest BCUT2D eigenvalue weighted by molar-refractivity contribution is 0.262. The van der Waals surface area contributed by atoms with Gasteiger partial charge in [0.1, 0.15) is 9.79 Å². The third kappa shape index (κ3) is 5.71. The van der Waals surface area contributed by atoms with E-state index in [1.54, 1.807) is 19.1 Å². The lowest BCUT2D eigenvalue weighted by Crippen LogP contribution is -2.19. The van der Waals surface area contributed by atoms with E-state index in [0.29, 0.717) is 17.0 Å². The number of anilines is 2. The summed E-state index contributed by atoms with van der Waals surface area (Å²) >= 11 is 0. The summed E-state index contributed by atoms with van der Waals surface area (Å²) < 4.78 is 98.7. The molecule has 12 nitrogen and oxygen atoms in total. The average Bonchev–Trinajstić information content (AvgIpc) is 2.76. The van der Waals surface area contributed by atoms with Crippen LogP contribution in [0.2, 0.25) is 0 Å². The monoisotopic (exact) mass is 566 g/mol. The van der Waals surface area contributed by atoms with Gasteiger partial charge in [-0.1, -0.05) is 18.2 Å². The second kappa shape index (κ2) is 9.05. The minimum absolute atomic E-state index is 0.0382. The van der Waals surface area contributed by atoms with Crippen LogP contribution in [0.3, 0.4) is 0 Å². The average molecular weight is 567 g/mol. The minimum Gasteiger partial charge on any atom is -0.308 e. The number of amides is 2. The second-order valence-corrected chi connectivity index (χ2v) is 12.3. The molecular weight excluding hydrogens is 548 g/mol. The Kier molecular flexibility index (Phi) is 6.48. The van der Waals surface area contributed by atoms with Gasteiger partial charge in [0, 0.05) is 22.1 Å². The molecule has 0 spiro atoms. The molecule has 37 heavy (non-hydrogen) atoms. The molecule has 0 saturated carbocycles. The zero-order valence-electron chi connectivity index (χ0n) is 18.7. The maximum atomic E-state index is 12.6. The van der Waals surface area contributed by atoms with Crippen molar-refractivity contribution in [3.8, 4) is 0 Å².